The van der Waals surface area contributed by atoms with Crippen LogP contribution in [0.4, 0.5) is 0 Å². The Labute approximate surface area is 58.2 Å². The van der Waals surface area contributed by atoms with Crippen LogP contribution in [-0.2, 0) is 0 Å². The topological polar surface area (TPSA) is 92.2 Å². The lowest BCUT2D eigenvalue weighted by Gasteiger charge is -1.96. The van der Waals surface area contributed by atoms with Crippen LogP contribution in [-0.4, -0.2) is 57.5 Å². The van der Waals surface area contributed by atoms with Gasteiger partial charge in [0.05, 0.1) is 13.2 Å². The summed E-state index contributed by atoms with van der Waals surface area (Å²) in [5.41, 5.74) is 0. The highest BCUT2D eigenvalue weighted by molar-refractivity contribution is 5.75. The molecule has 0 atom stereocenters. The summed E-state index contributed by atoms with van der Waals surface area (Å²) in [7, 11) is 0. The van der Waals surface area contributed by atoms with E-state index in [1.807, 2.05) is 0 Å². The normalized spacial score (nSPS) is 7.50. The molecule has 4 nitrogen and oxygen atoms in total. The SMILES string of the molecule is O.OCC(O)CO.[AlH2]. The number of aliphatic hydroxyl groups excluding tert-OH is 3. The number of rotatable bonds is 2. The molecule has 0 aromatic carbocycles. The second kappa shape index (κ2) is 10.4. The molecular formula is C3H12AlO4. The first-order valence-electron chi connectivity index (χ1n) is 1.71. The highest BCUT2D eigenvalue weighted by Gasteiger charge is 1.93. The van der Waals surface area contributed by atoms with E-state index in [1.165, 1.54) is 0 Å². The number of aliphatic hydroxyl groups is 3. The summed E-state index contributed by atoms with van der Waals surface area (Å²) in [4.78, 5) is 0. The van der Waals surface area contributed by atoms with Crippen LogP contribution >= 0.6 is 0 Å². The van der Waals surface area contributed by atoms with Crippen LogP contribution in [0.1, 0.15) is 0 Å². The summed E-state index contributed by atoms with van der Waals surface area (Å²) in [6.07, 6.45) is -0.954. The van der Waals surface area contributed by atoms with E-state index in [0.29, 0.717) is 0 Å². The Hall–Kier alpha value is 0.372. The molecule has 1 radical (unpaired) electrons. The molecule has 0 aliphatic heterocycles. The third-order valence-corrected chi connectivity index (χ3v) is 0.421. The van der Waals surface area contributed by atoms with Gasteiger partial charge in [0, 0.05) is 0 Å². The van der Waals surface area contributed by atoms with Gasteiger partial charge in [-0.3, -0.25) is 0 Å². The summed E-state index contributed by atoms with van der Waals surface area (Å²) in [6, 6.07) is 0. The molecule has 0 fully saturated rings. The Morgan fingerprint density at radius 3 is 1.38 bits per heavy atom. The van der Waals surface area contributed by atoms with Gasteiger partial charge in [-0.1, -0.05) is 0 Å². The molecule has 0 heterocycles. The molecule has 0 rings (SSSR count). The Morgan fingerprint density at radius 2 is 1.38 bits per heavy atom. The van der Waals surface area contributed by atoms with Crippen molar-refractivity contribution >= 4 is 17.4 Å². The zero-order valence-corrected chi connectivity index (χ0v) is 6.83. The maximum absolute atomic E-state index is 8.17. The lowest BCUT2D eigenvalue weighted by atomic mass is 10.4. The molecule has 0 saturated carbocycles. The van der Waals surface area contributed by atoms with E-state index in [-0.39, 0.29) is 36.1 Å². The molecule has 0 aromatic heterocycles. The van der Waals surface area contributed by atoms with Gasteiger partial charge in [-0.25, -0.2) is 0 Å². The van der Waals surface area contributed by atoms with Crippen molar-refractivity contribution in [3.8, 4) is 0 Å². The van der Waals surface area contributed by atoms with Gasteiger partial charge in [0.2, 0.25) is 0 Å². The Kier molecular flexibility index (Phi) is 20.4. The Bertz CT molecular complexity index is 30.5. The second-order valence-corrected chi connectivity index (χ2v) is 1.02. The molecular weight excluding hydrogens is 127 g/mol. The summed E-state index contributed by atoms with van der Waals surface area (Å²) < 4.78 is 0. The Balaban J connectivity index is -0.000000125. The van der Waals surface area contributed by atoms with Crippen LogP contribution in [0.2, 0.25) is 0 Å². The lowest BCUT2D eigenvalue weighted by molar-refractivity contribution is 0.0450. The summed E-state index contributed by atoms with van der Waals surface area (Å²) in [6.45, 7) is -0.729. The minimum Gasteiger partial charge on any atom is -0.412 e. The van der Waals surface area contributed by atoms with Crippen molar-refractivity contribution in [3.63, 3.8) is 0 Å². The molecule has 51 valence electrons. The van der Waals surface area contributed by atoms with Crippen molar-refractivity contribution < 1.29 is 20.8 Å². The third kappa shape index (κ3) is 9.62. The van der Waals surface area contributed by atoms with Gasteiger partial charge in [-0.05, 0) is 0 Å². The Morgan fingerprint density at radius 1 is 1.12 bits per heavy atom. The molecule has 8 heavy (non-hydrogen) atoms. The third-order valence-electron chi connectivity index (χ3n) is 0.421. The standard InChI is InChI=1S/C3H8O3.Al.H2O.2H/c4-1-3(6)2-5;;;;/h3-6H,1-2H2;;1H2;;. The largest absolute Gasteiger partial charge is 0.412 e. The predicted molar refractivity (Wildman–Crippen MR) is 32.3 cm³/mol. The van der Waals surface area contributed by atoms with Gasteiger partial charge in [0.25, 0.3) is 0 Å². The van der Waals surface area contributed by atoms with E-state index in [2.05, 4.69) is 0 Å². The molecule has 0 bridgehead atoms. The van der Waals surface area contributed by atoms with E-state index in [1.54, 1.807) is 0 Å². The van der Waals surface area contributed by atoms with Gasteiger partial charge in [0.1, 0.15) is 23.5 Å². The fourth-order valence-corrected chi connectivity index (χ4v) is 0.0577. The van der Waals surface area contributed by atoms with Crippen LogP contribution in [0.3, 0.4) is 0 Å². The fourth-order valence-electron chi connectivity index (χ4n) is 0.0577. The summed E-state index contributed by atoms with van der Waals surface area (Å²) in [5.74, 6) is 0. The van der Waals surface area contributed by atoms with Crippen LogP contribution in [0.25, 0.3) is 0 Å². The summed E-state index contributed by atoms with van der Waals surface area (Å²) in [5, 5.41) is 24.0. The highest BCUT2D eigenvalue weighted by Crippen LogP contribution is 1.71. The molecule has 5 heteroatoms. The van der Waals surface area contributed by atoms with E-state index in [4.69, 9.17) is 15.3 Å². The van der Waals surface area contributed by atoms with E-state index in [9.17, 15) is 0 Å². The average Bonchev–Trinajstić information content (AvgIpc) is 1.65. The lowest BCUT2D eigenvalue weighted by Crippen LogP contribution is -2.15. The van der Waals surface area contributed by atoms with Crippen molar-refractivity contribution in [2.75, 3.05) is 13.2 Å². The van der Waals surface area contributed by atoms with Crippen LogP contribution in [0.15, 0.2) is 0 Å². The smallest absolute Gasteiger partial charge is 0.146 e. The van der Waals surface area contributed by atoms with Gasteiger partial charge < -0.3 is 20.8 Å². The average molecular weight is 139 g/mol. The minimum atomic E-state index is -0.954. The van der Waals surface area contributed by atoms with Crippen molar-refractivity contribution in [1.29, 1.82) is 0 Å². The molecule has 0 aliphatic rings. The van der Waals surface area contributed by atoms with E-state index >= 15 is 0 Å². The first-order valence-corrected chi connectivity index (χ1v) is 1.71. The first kappa shape index (κ1) is 15.8. The molecule has 0 aromatic rings. The van der Waals surface area contributed by atoms with Gasteiger partial charge in [-0.2, -0.15) is 0 Å². The molecule has 0 spiro atoms. The van der Waals surface area contributed by atoms with Gasteiger partial charge in [-0.15, -0.1) is 0 Å². The predicted octanol–water partition coefficient (Wildman–Crippen LogP) is -3.41. The monoisotopic (exact) mass is 139 g/mol. The quantitative estimate of drug-likeness (QED) is 0.348. The highest BCUT2D eigenvalue weighted by atomic mass is 27.0. The number of hydrogen-bond donors (Lipinski definition) is 3. The first-order chi connectivity index (χ1) is 2.81. The maximum atomic E-state index is 8.17. The van der Waals surface area contributed by atoms with Gasteiger partial charge >= 0.3 is 0 Å². The minimum absolute atomic E-state index is 0. The second-order valence-electron chi connectivity index (χ2n) is 1.02. The van der Waals surface area contributed by atoms with E-state index in [0.717, 1.165) is 0 Å². The van der Waals surface area contributed by atoms with Crippen molar-refractivity contribution in [2.45, 2.75) is 6.10 Å². The molecule has 0 saturated heterocycles. The molecule has 5 N–H and O–H groups in total. The van der Waals surface area contributed by atoms with Crippen LogP contribution in [0.5, 0.6) is 0 Å². The summed E-state index contributed by atoms with van der Waals surface area (Å²) >= 11 is 0. The molecule has 0 aliphatic carbocycles. The molecule has 0 unspecified atom stereocenters. The maximum Gasteiger partial charge on any atom is 0.146 e. The van der Waals surface area contributed by atoms with Crippen molar-refractivity contribution in [3.05, 3.63) is 0 Å². The zero-order valence-electron chi connectivity index (χ0n) is 4.83. The zero-order chi connectivity index (χ0) is 4.99. The van der Waals surface area contributed by atoms with Crippen LogP contribution in [0, 0.1) is 0 Å². The number of hydrogen-bond acceptors (Lipinski definition) is 3. The fraction of sp³-hybridized carbons (Fsp3) is 1.00. The molecule has 0 amide bonds. The van der Waals surface area contributed by atoms with E-state index < -0.39 is 6.10 Å². The van der Waals surface area contributed by atoms with Gasteiger partial charge in [0.15, 0.2) is 0 Å². The van der Waals surface area contributed by atoms with Crippen molar-refractivity contribution in [2.24, 2.45) is 0 Å². The van der Waals surface area contributed by atoms with Crippen LogP contribution < -0.4 is 0 Å². The van der Waals surface area contributed by atoms with Crippen molar-refractivity contribution in [1.82, 2.24) is 0 Å².